The van der Waals surface area contributed by atoms with E-state index in [0.717, 1.165) is 17.8 Å². The second kappa shape index (κ2) is 4.28. The maximum Gasteiger partial charge on any atom is 0.343 e. The van der Waals surface area contributed by atoms with Crippen LogP contribution < -0.4 is 0 Å². The molecule has 0 amide bonds. The Morgan fingerprint density at radius 2 is 2.46 bits per heavy atom. The average Bonchev–Trinajstić information content (AvgIpc) is 2.51. The van der Waals surface area contributed by atoms with Crippen LogP contribution in [0, 0.1) is 0 Å². The van der Waals surface area contributed by atoms with E-state index in [1.165, 1.54) is 0 Å². The third-order valence-corrected chi connectivity index (χ3v) is 2.46. The zero-order valence-electron chi connectivity index (χ0n) is 7.61. The van der Waals surface area contributed by atoms with Crippen LogP contribution in [-0.4, -0.2) is 17.2 Å². The van der Waals surface area contributed by atoms with Crippen molar-refractivity contribution in [3.8, 4) is 5.06 Å². The van der Waals surface area contributed by atoms with E-state index in [2.05, 4.69) is 0 Å². The molecule has 0 aliphatic rings. The first-order chi connectivity index (χ1) is 6.15. The van der Waals surface area contributed by atoms with E-state index in [1.54, 1.807) is 11.4 Å². The summed E-state index contributed by atoms with van der Waals surface area (Å²) in [5.41, 5.74) is 0.255. The van der Waals surface area contributed by atoms with Gasteiger partial charge in [-0.05, 0) is 24.8 Å². The minimum Gasteiger partial charge on any atom is -0.499 e. The number of thiophene rings is 1. The molecule has 0 saturated heterocycles. The molecule has 1 rings (SSSR count). The molecule has 4 heteroatoms. The first-order valence-corrected chi connectivity index (χ1v) is 5.00. The Kier molecular flexibility index (Phi) is 3.31. The van der Waals surface area contributed by atoms with Crippen LogP contribution >= 0.6 is 11.3 Å². The van der Waals surface area contributed by atoms with E-state index in [-0.39, 0.29) is 16.7 Å². The van der Waals surface area contributed by atoms with Crippen LogP contribution in [0.15, 0.2) is 11.4 Å². The van der Waals surface area contributed by atoms with Crippen LogP contribution in [0.4, 0.5) is 0 Å². The minimum absolute atomic E-state index is 0.0216. The summed E-state index contributed by atoms with van der Waals surface area (Å²) in [6, 6.07) is 1.56. The van der Waals surface area contributed by atoms with Crippen molar-refractivity contribution in [2.24, 2.45) is 0 Å². The normalized spacial score (nSPS) is 12.5. The maximum absolute atomic E-state index is 11.3. The molecule has 1 atom stereocenters. The highest BCUT2D eigenvalue weighted by Gasteiger charge is 2.15. The van der Waals surface area contributed by atoms with Crippen molar-refractivity contribution < 1.29 is 14.6 Å². The molecule has 0 aliphatic heterocycles. The molecule has 0 aliphatic carbocycles. The van der Waals surface area contributed by atoms with Crippen molar-refractivity contribution >= 4 is 17.3 Å². The second-order valence-electron chi connectivity index (χ2n) is 2.76. The van der Waals surface area contributed by atoms with E-state index in [1.807, 2.05) is 13.8 Å². The molecule has 72 valence electrons. The second-order valence-corrected chi connectivity index (χ2v) is 3.66. The van der Waals surface area contributed by atoms with Gasteiger partial charge in [-0.2, -0.15) is 0 Å². The standard InChI is InChI=1S/C9H12O3S/c1-3-6(2)12-8(10)7-4-5-13-9(7)11/h4-6,11H,3H2,1-2H3. The lowest BCUT2D eigenvalue weighted by Crippen LogP contribution is -2.13. The number of carbonyl (C=O) groups is 1. The molecule has 0 aromatic carbocycles. The predicted octanol–water partition coefficient (Wildman–Crippen LogP) is 2.41. The highest BCUT2D eigenvalue weighted by molar-refractivity contribution is 7.12. The quantitative estimate of drug-likeness (QED) is 0.762. The lowest BCUT2D eigenvalue weighted by Gasteiger charge is -2.09. The number of rotatable bonds is 3. The van der Waals surface area contributed by atoms with Gasteiger partial charge >= 0.3 is 5.97 Å². The monoisotopic (exact) mass is 200 g/mol. The Labute approximate surface area is 81.0 Å². The van der Waals surface area contributed by atoms with Crippen LogP contribution in [0.25, 0.3) is 0 Å². The number of hydrogen-bond donors (Lipinski definition) is 1. The summed E-state index contributed by atoms with van der Waals surface area (Å²) in [4.78, 5) is 11.3. The molecule has 0 spiro atoms. The van der Waals surface area contributed by atoms with Crippen LogP contribution in [0.3, 0.4) is 0 Å². The maximum atomic E-state index is 11.3. The number of esters is 1. The van der Waals surface area contributed by atoms with Crippen molar-refractivity contribution in [1.82, 2.24) is 0 Å². The van der Waals surface area contributed by atoms with Gasteiger partial charge in [-0.15, -0.1) is 11.3 Å². The largest absolute Gasteiger partial charge is 0.499 e. The topological polar surface area (TPSA) is 46.5 Å². The summed E-state index contributed by atoms with van der Waals surface area (Å²) >= 11 is 1.12. The van der Waals surface area contributed by atoms with Crippen LogP contribution in [0.5, 0.6) is 5.06 Å². The molecule has 1 unspecified atom stereocenters. The van der Waals surface area contributed by atoms with E-state index >= 15 is 0 Å². The third kappa shape index (κ3) is 2.45. The number of carbonyl (C=O) groups excluding carboxylic acids is 1. The van der Waals surface area contributed by atoms with Gasteiger partial charge in [0.25, 0.3) is 0 Å². The fourth-order valence-electron chi connectivity index (χ4n) is 0.786. The molecule has 0 radical (unpaired) electrons. The van der Waals surface area contributed by atoms with Crippen LogP contribution in [0.1, 0.15) is 30.6 Å². The molecule has 0 bridgehead atoms. The van der Waals surface area contributed by atoms with Gasteiger partial charge in [0.2, 0.25) is 0 Å². The van der Waals surface area contributed by atoms with Crippen LogP contribution in [-0.2, 0) is 4.74 Å². The molecule has 1 aromatic rings. The zero-order valence-corrected chi connectivity index (χ0v) is 8.43. The SMILES string of the molecule is CCC(C)OC(=O)c1ccsc1O. The number of aromatic hydroxyl groups is 1. The van der Waals surface area contributed by atoms with Gasteiger partial charge in [0.15, 0.2) is 5.06 Å². The smallest absolute Gasteiger partial charge is 0.343 e. The Bertz CT molecular complexity index is 293. The van der Waals surface area contributed by atoms with Crippen molar-refractivity contribution in [2.45, 2.75) is 26.4 Å². The summed E-state index contributed by atoms with van der Waals surface area (Å²) in [5, 5.41) is 10.9. The molecule has 0 saturated carbocycles. The predicted molar refractivity (Wildman–Crippen MR) is 51.2 cm³/mol. The lowest BCUT2D eigenvalue weighted by molar-refractivity contribution is 0.0332. The van der Waals surface area contributed by atoms with Gasteiger partial charge in [-0.1, -0.05) is 6.92 Å². The molecule has 0 fully saturated rings. The lowest BCUT2D eigenvalue weighted by atomic mass is 10.3. The summed E-state index contributed by atoms with van der Waals surface area (Å²) in [6.45, 7) is 3.76. The number of hydrogen-bond acceptors (Lipinski definition) is 4. The Morgan fingerprint density at radius 1 is 1.77 bits per heavy atom. The summed E-state index contributed by atoms with van der Waals surface area (Å²) in [6.07, 6.45) is 0.670. The molecule has 1 N–H and O–H groups in total. The fraction of sp³-hybridized carbons (Fsp3) is 0.444. The van der Waals surface area contributed by atoms with Crippen molar-refractivity contribution in [3.63, 3.8) is 0 Å². The summed E-state index contributed by atoms with van der Waals surface area (Å²) in [7, 11) is 0. The Morgan fingerprint density at radius 3 is 2.92 bits per heavy atom. The van der Waals surface area contributed by atoms with Crippen LogP contribution in [0.2, 0.25) is 0 Å². The zero-order chi connectivity index (χ0) is 9.84. The molecule has 3 nitrogen and oxygen atoms in total. The molecular formula is C9H12O3S. The number of ether oxygens (including phenoxy) is 1. The van der Waals surface area contributed by atoms with Crippen molar-refractivity contribution in [3.05, 3.63) is 17.0 Å². The Hall–Kier alpha value is -1.03. The molecular weight excluding hydrogens is 188 g/mol. The van der Waals surface area contributed by atoms with E-state index in [4.69, 9.17) is 4.74 Å². The van der Waals surface area contributed by atoms with Crippen molar-refractivity contribution in [2.75, 3.05) is 0 Å². The first-order valence-electron chi connectivity index (χ1n) is 4.12. The minimum atomic E-state index is -0.451. The average molecular weight is 200 g/mol. The van der Waals surface area contributed by atoms with Gasteiger partial charge in [0, 0.05) is 0 Å². The van der Waals surface area contributed by atoms with Gasteiger partial charge in [-0.3, -0.25) is 0 Å². The van der Waals surface area contributed by atoms with E-state index in [0.29, 0.717) is 0 Å². The van der Waals surface area contributed by atoms with E-state index < -0.39 is 5.97 Å². The third-order valence-electron chi connectivity index (χ3n) is 1.75. The van der Waals surface area contributed by atoms with Crippen molar-refractivity contribution in [1.29, 1.82) is 0 Å². The molecule has 1 heterocycles. The van der Waals surface area contributed by atoms with Gasteiger partial charge in [0.1, 0.15) is 5.56 Å². The molecule has 1 aromatic heterocycles. The summed E-state index contributed by atoms with van der Waals surface area (Å²) < 4.78 is 5.03. The molecule has 13 heavy (non-hydrogen) atoms. The van der Waals surface area contributed by atoms with Gasteiger partial charge in [-0.25, -0.2) is 4.79 Å². The summed E-state index contributed by atoms with van der Waals surface area (Å²) in [5.74, 6) is -0.451. The van der Waals surface area contributed by atoms with E-state index in [9.17, 15) is 9.90 Å². The Balaban J connectivity index is 2.64. The highest BCUT2D eigenvalue weighted by atomic mass is 32.1. The van der Waals surface area contributed by atoms with Gasteiger partial charge in [0.05, 0.1) is 6.10 Å². The highest BCUT2D eigenvalue weighted by Crippen LogP contribution is 2.25. The van der Waals surface area contributed by atoms with Gasteiger partial charge < -0.3 is 9.84 Å². The fourth-order valence-corrected chi connectivity index (χ4v) is 1.40. The first kappa shape index (κ1) is 10.1.